The summed E-state index contributed by atoms with van der Waals surface area (Å²) in [5, 5.41) is 4.93. The fourth-order valence-corrected chi connectivity index (χ4v) is 4.07. The topological polar surface area (TPSA) is 43.1 Å². The van der Waals surface area contributed by atoms with E-state index in [2.05, 4.69) is 12.0 Å². The molecular formula is C15H19ClN4OS. The highest BCUT2D eigenvalue weighted by atomic mass is 35.5. The number of hydrogen-bond acceptors (Lipinski definition) is 3. The number of thioether (sulfide) groups is 1. The largest absolute Gasteiger partial charge is 0.345 e. The molecule has 1 atom stereocenters. The molecule has 22 heavy (non-hydrogen) atoms. The summed E-state index contributed by atoms with van der Waals surface area (Å²) in [6.07, 6.45) is 5.67. The lowest BCUT2D eigenvalue weighted by Gasteiger charge is -2.35. The number of aryl methyl sites for hydroxylation is 2. The Balaban J connectivity index is 1.89. The van der Waals surface area contributed by atoms with Crippen LogP contribution in [0.2, 0.25) is 5.02 Å². The lowest BCUT2D eigenvalue weighted by atomic mass is 10.1. The van der Waals surface area contributed by atoms with Crippen LogP contribution in [0.4, 0.5) is 0 Å². The predicted octanol–water partition coefficient (Wildman–Crippen LogP) is 2.83. The van der Waals surface area contributed by atoms with E-state index in [1.807, 2.05) is 40.8 Å². The van der Waals surface area contributed by atoms with E-state index >= 15 is 0 Å². The van der Waals surface area contributed by atoms with Crippen molar-refractivity contribution in [1.29, 1.82) is 0 Å². The maximum absolute atomic E-state index is 12.9. The van der Waals surface area contributed by atoms with Gasteiger partial charge in [0.05, 0.1) is 17.3 Å². The number of carbonyl (C=O) groups excluding carboxylic acids is 1. The zero-order chi connectivity index (χ0) is 15.7. The molecule has 0 bridgehead atoms. The summed E-state index contributed by atoms with van der Waals surface area (Å²) in [7, 11) is 1.85. The van der Waals surface area contributed by atoms with Gasteiger partial charge < -0.3 is 9.47 Å². The zero-order valence-electron chi connectivity index (χ0n) is 12.7. The number of aromatic nitrogens is 3. The van der Waals surface area contributed by atoms with E-state index in [-0.39, 0.29) is 11.9 Å². The van der Waals surface area contributed by atoms with Crippen molar-refractivity contribution in [3.8, 4) is 0 Å². The zero-order valence-corrected chi connectivity index (χ0v) is 14.3. The molecule has 1 aliphatic rings. The predicted molar refractivity (Wildman–Crippen MR) is 89.4 cm³/mol. The van der Waals surface area contributed by atoms with Crippen LogP contribution in [0.15, 0.2) is 24.7 Å². The summed E-state index contributed by atoms with van der Waals surface area (Å²) < 4.78 is 3.69. The van der Waals surface area contributed by atoms with Gasteiger partial charge in [0.2, 0.25) is 0 Å². The Morgan fingerprint density at radius 2 is 2.32 bits per heavy atom. The van der Waals surface area contributed by atoms with Gasteiger partial charge in [0.15, 0.2) is 0 Å². The van der Waals surface area contributed by atoms with Crippen LogP contribution in [0.3, 0.4) is 0 Å². The Hall–Kier alpha value is -1.40. The van der Waals surface area contributed by atoms with Gasteiger partial charge in [0.25, 0.3) is 5.91 Å². The number of amides is 1. The van der Waals surface area contributed by atoms with Gasteiger partial charge in [-0.1, -0.05) is 11.6 Å². The second-order valence-corrected chi connectivity index (χ2v) is 6.96. The van der Waals surface area contributed by atoms with Crippen molar-refractivity contribution in [3.05, 3.63) is 40.9 Å². The first-order valence-electron chi connectivity index (χ1n) is 7.33. The molecule has 1 fully saturated rings. The van der Waals surface area contributed by atoms with Crippen LogP contribution in [0.1, 0.15) is 29.0 Å². The highest BCUT2D eigenvalue weighted by Crippen LogP contribution is 2.31. The van der Waals surface area contributed by atoms with Crippen LogP contribution >= 0.6 is 23.4 Å². The molecule has 2 aromatic heterocycles. The third-order valence-corrected chi connectivity index (χ3v) is 5.17. The molecule has 1 saturated heterocycles. The quantitative estimate of drug-likeness (QED) is 0.864. The van der Waals surface area contributed by atoms with Crippen molar-refractivity contribution in [3.63, 3.8) is 0 Å². The minimum Gasteiger partial charge on any atom is -0.345 e. The van der Waals surface area contributed by atoms with E-state index in [0.29, 0.717) is 10.7 Å². The Morgan fingerprint density at radius 3 is 2.95 bits per heavy atom. The number of nitrogens with zero attached hydrogens (tertiary/aromatic N) is 4. The molecule has 0 spiro atoms. The van der Waals surface area contributed by atoms with Crippen molar-refractivity contribution in [1.82, 2.24) is 19.2 Å². The van der Waals surface area contributed by atoms with Crippen LogP contribution in [0, 0.1) is 0 Å². The highest BCUT2D eigenvalue weighted by Gasteiger charge is 2.31. The molecule has 3 heterocycles. The standard InChI is InChI=1S/C15H19ClN4OS/c1-3-19-8-11(7-17-19)14-10-22-5-4-20(14)15(21)13-6-12(16)9-18(13)2/h6-9,14H,3-5,10H2,1-2H3/t14-/m1/s1. The fraction of sp³-hybridized carbons (Fsp3) is 0.467. The molecule has 0 N–H and O–H groups in total. The summed E-state index contributed by atoms with van der Waals surface area (Å²) in [6, 6.07) is 1.80. The van der Waals surface area contributed by atoms with Crippen molar-refractivity contribution in [2.75, 3.05) is 18.1 Å². The average Bonchev–Trinajstić information content (AvgIpc) is 3.13. The van der Waals surface area contributed by atoms with Gasteiger partial charge >= 0.3 is 0 Å². The van der Waals surface area contributed by atoms with Crippen LogP contribution in [-0.2, 0) is 13.6 Å². The molecule has 0 aromatic carbocycles. The minimum atomic E-state index is 0.0314. The third-order valence-electron chi connectivity index (χ3n) is 3.94. The molecule has 2 aromatic rings. The molecule has 1 amide bonds. The molecule has 0 radical (unpaired) electrons. The van der Waals surface area contributed by atoms with E-state index in [1.54, 1.807) is 16.8 Å². The lowest BCUT2D eigenvalue weighted by Crippen LogP contribution is -2.41. The Labute approximate surface area is 139 Å². The maximum Gasteiger partial charge on any atom is 0.271 e. The summed E-state index contributed by atoms with van der Waals surface area (Å²) in [6.45, 7) is 3.64. The van der Waals surface area contributed by atoms with Gasteiger partial charge in [-0.05, 0) is 13.0 Å². The molecule has 0 saturated carbocycles. The fourth-order valence-electron chi connectivity index (χ4n) is 2.73. The average molecular weight is 339 g/mol. The van der Waals surface area contributed by atoms with Gasteiger partial charge in [-0.15, -0.1) is 0 Å². The normalized spacial score (nSPS) is 18.7. The summed E-state index contributed by atoms with van der Waals surface area (Å²) >= 11 is 7.89. The first-order chi connectivity index (χ1) is 10.6. The summed E-state index contributed by atoms with van der Waals surface area (Å²) in [4.78, 5) is 14.8. The molecule has 0 aliphatic carbocycles. The Bertz CT molecular complexity index is 681. The molecular weight excluding hydrogens is 320 g/mol. The van der Waals surface area contributed by atoms with E-state index in [0.717, 1.165) is 30.2 Å². The first kappa shape index (κ1) is 15.5. The number of halogens is 1. The van der Waals surface area contributed by atoms with Gasteiger partial charge in [-0.3, -0.25) is 9.48 Å². The number of carbonyl (C=O) groups is 1. The van der Waals surface area contributed by atoms with Crippen LogP contribution in [0.25, 0.3) is 0 Å². The Morgan fingerprint density at radius 1 is 1.50 bits per heavy atom. The van der Waals surface area contributed by atoms with Gasteiger partial charge in [-0.2, -0.15) is 16.9 Å². The van der Waals surface area contributed by atoms with E-state index in [4.69, 9.17) is 11.6 Å². The molecule has 1 aliphatic heterocycles. The molecule has 118 valence electrons. The van der Waals surface area contributed by atoms with Gasteiger partial charge in [-0.25, -0.2) is 0 Å². The van der Waals surface area contributed by atoms with Crippen LogP contribution in [0.5, 0.6) is 0 Å². The van der Waals surface area contributed by atoms with E-state index in [1.165, 1.54) is 0 Å². The van der Waals surface area contributed by atoms with Crippen molar-refractivity contribution in [2.24, 2.45) is 7.05 Å². The van der Waals surface area contributed by atoms with E-state index < -0.39 is 0 Å². The molecule has 5 nitrogen and oxygen atoms in total. The van der Waals surface area contributed by atoms with Crippen molar-refractivity contribution in [2.45, 2.75) is 19.5 Å². The second-order valence-electron chi connectivity index (χ2n) is 5.37. The summed E-state index contributed by atoms with van der Waals surface area (Å²) in [5.41, 5.74) is 1.73. The van der Waals surface area contributed by atoms with Gasteiger partial charge in [0, 0.05) is 49.6 Å². The maximum atomic E-state index is 12.9. The monoisotopic (exact) mass is 338 g/mol. The molecule has 7 heteroatoms. The van der Waals surface area contributed by atoms with E-state index in [9.17, 15) is 4.79 Å². The first-order valence-corrected chi connectivity index (χ1v) is 8.86. The van der Waals surface area contributed by atoms with Crippen molar-refractivity contribution >= 4 is 29.3 Å². The number of hydrogen-bond donors (Lipinski definition) is 0. The summed E-state index contributed by atoms with van der Waals surface area (Å²) in [5.74, 6) is 1.89. The minimum absolute atomic E-state index is 0.0314. The van der Waals surface area contributed by atoms with Gasteiger partial charge in [0.1, 0.15) is 5.69 Å². The SMILES string of the molecule is CCn1cc([C@H]2CSCCN2C(=O)c2cc(Cl)cn2C)cn1. The highest BCUT2D eigenvalue weighted by molar-refractivity contribution is 7.99. The smallest absolute Gasteiger partial charge is 0.271 e. The van der Waals surface area contributed by atoms with Crippen LogP contribution < -0.4 is 0 Å². The third kappa shape index (κ3) is 2.90. The van der Waals surface area contributed by atoms with Crippen molar-refractivity contribution < 1.29 is 4.79 Å². The molecule has 3 rings (SSSR count). The Kier molecular flexibility index (Phi) is 4.49. The second kappa shape index (κ2) is 6.38. The van der Waals surface area contributed by atoms with Crippen LogP contribution in [-0.4, -0.2) is 43.2 Å². The molecule has 0 unspecified atom stereocenters. The number of rotatable bonds is 3. The lowest BCUT2D eigenvalue weighted by molar-refractivity contribution is 0.0691.